The zero-order chi connectivity index (χ0) is 13.7. The average Bonchev–Trinajstić information content (AvgIpc) is 2.58. The molecule has 1 aromatic rings. The molecular formula is C18H29Cl2NOSiTi-4. The molecule has 1 unspecified atom stereocenters. The van der Waals surface area contributed by atoms with Crippen LogP contribution in [0.2, 0.25) is 0 Å². The van der Waals surface area contributed by atoms with Crippen molar-refractivity contribution < 1.29 is 51.3 Å². The molecule has 0 aromatic heterocycles. The van der Waals surface area contributed by atoms with E-state index in [9.17, 15) is 4.79 Å². The van der Waals surface area contributed by atoms with Crippen molar-refractivity contribution >= 4 is 16.9 Å². The van der Waals surface area contributed by atoms with E-state index in [1.165, 1.54) is 16.7 Å². The van der Waals surface area contributed by atoms with Crippen LogP contribution in [0, 0.1) is 26.8 Å². The maximum atomic E-state index is 10.3. The molecule has 0 heterocycles. The minimum atomic E-state index is -0.629. The Morgan fingerprint density at radius 2 is 1.46 bits per heavy atom. The minimum Gasteiger partial charge on any atom is -1.00 e. The van der Waals surface area contributed by atoms with Crippen molar-refractivity contribution in [2.45, 2.75) is 27.7 Å². The molecule has 24 heavy (non-hydrogen) atoms. The molecule has 1 aromatic carbocycles. The Kier molecular flexibility index (Phi) is 30.9. The van der Waals surface area contributed by atoms with Gasteiger partial charge in [0.2, 0.25) is 0 Å². The number of hydrogen-bond donors (Lipinski definition) is 0. The zero-order valence-electron chi connectivity index (χ0n) is 14.6. The van der Waals surface area contributed by atoms with Gasteiger partial charge in [0.25, 0.3) is 0 Å². The van der Waals surface area contributed by atoms with Crippen LogP contribution in [0.5, 0.6) is 0 Å². The quantitative estimate of drug-likeness (QED) is 0.384. The molecule has 6 heteroatoms. The van der Waals surface area contributed by atoms with Gasteiger partial charge in [-0.1, -0.05) is 57.0 Å². The molecule has 2 rings (SSSR count). The normalized spacial score (nSPS) is 13.5. The Hall–Kier alpha value is -0.319. The Morgan fingerprint density at radius 3 is 1.62 bits per heavy atom. The molecule has 1 amide bonds. The Bertz CT molecular complexity index is 505. The minimum absolute atomic E-state index is 0. The van der Waals surface area contributed by atoms with Crippen LogP contribution >= 0.6 is 0 Å². The van der Waals surface area contributed by atoms with Crippen LogP contribution in [-0.2, 0) is 21.7 Å². The van der Waals surface area contributed by atoms with E-state index in [1.54, 1.807) is 24.3 Å². The number of amides is 1. The second-order valence-corrected chi connectivity index (χ2v) is 4.49. The molecule has 0 bridgehead atoms. The Morgan fingerprint density at radius 1 is 1.04 bits per heavy atom. The second kappa shape index (κ2) is 19.0. The molecule has 0 saturated heterocycles. The largest absolute Gasteiger partial charge is 2.00 e. The van der Waals surface area contributed by atoms with Crippen molar-refractivity contribution in [2.75, 3.05) is 0 Å². The molecule has 138 valence electrons. The molecule has 1 N–H and O–H groups in total. The van der Waals surface area contributed by atoms with E-state index in [2.05, 4.69) is 33.8 Å². The van der Waals surface area contributed by atoms with Crippen LogP contribution in [0.25, 0.3) is 5.73 Å². The summed E-state index contributed by atoms with van der Waals surface area (Å²) in [7, 11) is 0. The average molecular weight is 422 g/mol. The molecule has 0 fully saturated rings. The van der Waals surface area contributed by atoms with Gasteiger partial charge in [-0.2, -0.15) is 11.1 Å². The standard InChI is InChI=1S/C9H13.C7H7NO.2CH3.2ClH.H4Si.Ti/c1-6-5-7(2)9(4)8(6)3;8-7(9)6-4-2-1-3-5-6;;;;;;/h6H,1-4H3;1-5H,(H2,8,9);2*1H3;2*1H;1H4;/q-1;;2*-1;;;;+2/p-3. The SMILES string of the molecule is CC1=[C-]C(C)C(C)=C1C.[CH3-].[CH3-].[Cl-].[Cl-].[NH-]C(=O)c1ccccc1.[SiH4].[Ti+2]. The van der Waals surface area contributed by atoms with E-state index in [-0.39, 0.29) is 72.4 Å². The molecule has 0 saturated carbocycles. The molecule has 0 spiro atoms. The molecule has 1 aliphatic rings. The summed E-state index contributed by atoms with van der Waals surface area (Å²) in [4.78, 5) is 10.3. The smallest absolute Gasteiger partial charge is 1.00 e. The number of allylic oxidation sites excluding steroid dienone is 4. The monoisotopic (exact) mass is 421 g/mol. The van der Waals surface area contributed by atoms with Crippen LogP contribution in [0.3, 0.4) is 0 Å². The molecule has 1 atom stereocenters. The van der Waals surface area contributed by atoms with Crippen LogP contribution in [-0.4, -0.2) is 16.9 Å². The van der Waals surface area contributed by atoms with E-state index < -0.39 is 5.91 Å². The van der Waals surface area contributed by atoms with Gasteiger partial charge in [-0.15, -0.1) is 6.92 Å². The molecule has 1 aliphatic carbocycles. The number of hydrogen-bond acceptors (Lipinski definition) is 1. The van der Waals surface area contributed by atoms with E-state index in [4.69, 9.17) is 5.73 Å². The van der Waals surface area contributed by atoms with Gasteiger partial charge in [-0.3, -0.25) is 6.08 Å². The fourth-order valence-corrected chi connectivity index (χ4v) is 1.75. The summed E-state index contributed by atoms with van der Waals surface area (Å²) < 4.78 is 0. The van der Waals surface area contributed by atoms with Crippen LogP contribution in [0.15, 0.2) is 47.1 Å². The molecule has 2 nitrogen and oxygen atoms in total. The predicted molar refractivity (Wildman–Crippen MR) is 99.2 cm³/mol. The maximum Gasteiger partial charge on any atom is 2.00 e. The maximum absolute atomic E-state index is 10.3. The van der Waals surface area contributed by atoms with Crippen molar-refractivity contribution in [1.82, 2.24) is 0 Å². The molecular weight excluding hydrogens is 393 g/mol. The van der Waals surface area contributed by atoms with Crippen LogP contribution in [0.1, 0.15) is 38.1 Å². The first-order valence-electron chi connectivity index (χ1n) is 6.02. The van der Waals surface area contributed by atoms with Gasteiger partial charge in [-0.05, 0) is 16.5 Å². The topological polar surface area (TPSA) is 40.9 Å². The summed E-state index contributed by atoms with van der Waals surface area (Å²) in [6.45, 7) is 8.67. The third-order valence-corrected chi connectivity index (χ3v) is 3.27. The third-order valence-electron chi connectivity index (χ3n) is 3.27. The van der Waals surface area contributed by atoms with Crippen LogP contribution in [0.4, 0.5) is 0 Å². The van der Waals surface area contributed by atoms with Gasteiger partial charge in [0, 0.05) is 0 Å². The van der Waals surface area contributed by atoms with Crippen molar-refractivity contribution in [3.63, 3.8) is 0 Å². The van der Waals surface area contributed by atoms with Gasteiger partial charge < -0.3 is 50.2 Å². The van der Waals surface area contributed by atoms with Crippen molar-refractivity contribution in [1.29, 1.82) is 0 Å². The number of carbonyl (C=O) groups is 1. The number of nitrogens with one attached hydrogen (secondary N) is 1. The van der Waals surface area contributed by atoms with E-state index in [1.807, 2.05) is 6.07 Å². The summed E-state index contributed by atoms with van der Waals surface area (Å²) in [5, 5.41) is 0. The summed E-state index contributed by atoms with van der Waals surface area (Å²) >= 11 is 0. The summed E-state index contributed by atoms with van der Waals surface area (Å²) in [6.07, 6.45) is 3.36. The number of rotatable bonds is 1. The van der Waals surface area contributed by atoms with E-state index in [0.29, 0.717) is 11.5 Å². The fourth-order valence-electron chi connectivity index (χ4n) is 1.75. The second-order valence-electron chi connectivity index (χ2n) is 4.49. The van der Waals surface area contributed by atoms with Gasteiger partial charge >= 0.3 is 21.7 Å². The van der Waals surface area contributed by atoms with E-state index >= 15 is 0 Å². The zero-order valence-corrected chi connectivity index (χ0v) is 17.7. The number of benzene rings is 1. The van der Waals surface area contributed by atoms with E-state index in [0.717, 1.165) is 0 Å². The summed E-state index contributed by atoms with van der Waals surface area (Å²) in [5.74, 6) is -0.0689. The van der Waals surface area contributed by atoms with Gasteiger partial charge in [0.15, 0.2) is 0 Å². The fraction of sp³-hybridized carbons (Fsp3) is 0.278. The number of halogens is 2. The van der Waals surface area contributed by atoms with Crippen molar-refractivity contribution in [3.8, 4) is 0 Å². The first-order valence-corrected chi connectivity index (χ1v) is 6.02. The van der Waals surface area contributed by atoms with Gasteiger partial charge in [0.05, 0.1) is 5.91 Å². The first kappa shape index (κ1) is 39.0. The predicted octanol–water partition coefficient (Wildman–Crippen LogP) is -1.94. The Labute approximate surface area is 180 Å². The van der Waals surface area contributed by atoms with Crippen LogP contribution < -0.4 is 24.8 Å². The van der Waals surface area contributed by atoms with Crippen molar-refractivity contribution in [3.05, 3.63) is 79.3 Å². The van der Waals surface area contributed by atoms with Gasteiger partial charge in [-0.25, -0.2) is 5.57 Å². The Balaban J connectivity index is -0.0000000540. The van der Waals surface area contributed by atoms with Gasteiger partial charge in [0.1, 0.15) is 0 Å². The molecule has 0 aliphatic heterocycles. The number of carbonyl (C=O) groups excluding carboxylic acids is 1. The van der Waals surface area contributed by atoms with Crippen molar-refractivity contribution in [2.24, 2.45) is 5.92 Å². The summed E-state index contributed by atoms with van der Waals surface area (Å²) in [5.41, 5.74) is 11.4. The molecule has 0 radical (unpaired) electrons. The first-order chi connectivity index (χ1) is 8.43. The summed E-state index contributed by atoms with van der Waals surface area (Å²) in [6, 6.07) is 8.53. The third kappa shape index (κ3) is 12.1.